The molecule has 0 aliphatic heterocycles. The fourth-order valence-corrected chi connectivity index (χ4v) is 0.893. The average molecular weight is 220 g/mol. The first kappa shape index (κ1) is 11.8. The number of hydrogen-bond acceptors (Lipinski definition) is 3. The van der Waals surface area contributed by atoms with Gasteiger partial charge in [-0.15, -0.1) is 0 Å². The number of halogens is 3. The summed E-state index contributed by atoms with van der Waals surface area (Å²) in [6.45, 7) is 1.87. The molecule has 0 spiro atoms. The lowest BCUT2D eigenvalue weighted by Crippen LogP contribution is -2.23. The second-order valence-corrected chi connectivity index (χ2v) is 3.02. The minimum atomic E-state index is -4.45. The van der Waals surface area contributed by atoms with E-state index < -0.39 is 11.9 Å². The van der Waals surface area contributed by atoms with Crippen LogP contribution in [0.15, 0.2) is 18.2 Å². The monoisotopic (exact) mass is 220 g/mol. The zero-order valence-electron chi connectivity index (χ0n) is 8.08. The SMILES string of the molecule is C[C@H](CN)Oc1cccc(C(F)(F)F)n1. The molecule has 84 valence electrons. The van der Waals surface area contributed by atoms with Gasteiger partial charge >= 0.3 is 6.18 Å². The molecular weight excluding hydrogens is 209 g/mol. The van der Waals surface area contributed by atoms with Crippen LogP contribution in [0.3, 0.4) is 0 Å². The molecule has 0 aromatic carbocycles. The maximum atomic E-state index is 12.2. The third-order valence-electron chi connectivity index (χ3n) is 1.67. The molecule has 0 aliphatic carbocycles. The molecule has 0 amide bonds. The zero-order chi connectivity index (χ0) is 11.5. The van der Waals surface area contributed by atoms with Crippen LogP contribution in [0.5, 0.6) is 5.88 Å². The Kier molecular flexibility index (Phi) is 3.52. The largest absolute Gasteiger partial charge is 0.473 e. The van der Waals surface area contributed by atoms with Gasteiger partial charge < -0.3 is 10.5 Å². The Bertz CT molecular complexity index is 327. The molecule has 1 aromatic rings. The third kappa shape index (κ3) is 3.39. The van der Waals surface area contributed by atoms with Gasteiger partial charge in [-0.3, -0.25) is 0 Å². The second kappa shape index (κ2) is 4.48. The summed E-state index contributed by atoms with van der Waals surface area (Å²) in [7, 11) is 0. The van der Waals surface area contributed by atoms with Crippen molar-refractivity contribution in [1.82, 2.24) is 4.98 Å². The van der Waals surface area contributed by atoms with Crippen LogP contribution >= 0.6 is 0 Å². The highest BCUT2D eigenvalue weighted by Gasteiger charge is 2.32. The van der Waals surface area contributed by atoms with Crippen LogP contribution < -0.4 is 10.5 Å². The Morgan fingerprint density at radius 2 is 2.13 bits per heavy atom. The van der Waals surface area contributed by atoms with E-state index in [4.69, 9.17) is 10.5 Å². The fraction of sp³-hybridized carbons (Fsp3) is 0.444. The Morgan fingerprint density at radius 1 is 1.47 bits per heavy atom. The van der Waals surface area contributed by atoms with Gasteiger partial charge in [0.15, 0.2) is 0 Å². The van der Waals surface area contributed by atoms with E-state index in [0.717, 1.165) is 6.07 Å². The van der Waals surface area contributed by atoms with E-state index in [0.29, 0.717) is 0 Å². The predicted molar refractivity (Wildman–Crippen MR) is 48.4 cm³/mol. The summed E-state index contributed by atoms with van der Waals surface area (Å²) >= 11 is 0. The molecule has 0 saturated carbocycles. The summed E-state index contributed by atoms with van der Waals surface area (Å²) in [5, 5.41) is 0. The summed E-state index contributed by atoms with van der Waals surface area (Å²) in [4.78, 5) is 3.33. The molecule has 0 aliphatic rings. The van der Waals surface area contributed by atoms with E-state index >= 15 is 0 Å². The van der Waals surface area contributed by atoms with Crippen molar-refractivity contribution < 1.29 is 17.9 Å². The second-order valence-electron chi connectivity index (χ2n) is 3.02. The highest BCUT2D eigenvalue weighted by Crippen LogP contribution is 2.28. The number of hydrogen-bond donors (Lipinski definition) is 1. The van der Waals surface area contributed by atoms with Crippen molar-refractivity contribution in [3.05, 3.63) is 23.9 Å². The predicted octanol–water partition coefficient (Wildman–Crippen LogP) is 1.83. The first-order valence-electron chi connectivity index (χ1n) is 4.34. The number of pyridine rings is 1. The highest BCUT2D eigenvalue weighted by atomic mass is 19.4. The van der Waals surface area contributed by atoms with Gasteiger partial charge in [-0.05, 0) is 13.0 Å². The highest BCUT2D eigenvalue weighted by molar-refractivity contribution is 5.17. The van der Waals surface area contributed by atoms with Crippen molar-refractivity contribution in [2.75, 3.05) is 6.54 Å². The number of aromatic nitrogens is 1. The van der Waals surface area contributed by atoms with Gasteiger partial charge in [-0.25, -0.2) is 4.98 Å². The summed E-state index contributed by atoms with van der Waals surface area (Å²) < 4.78 is 41.8. The Balaban J connectivity index is 2.84. The minimum absolute atomic E-state index is 0.0669. The van der Waals surface area contributed by atoms with Crippen molar-refractivity contribution in [3.63, 3.8) is 0 Å². The van der Waals surface area contributed by atoms with Crippen LogP contribution in [0.4, 0.5) is 13.2 Å². The first-order chi connectivity index (χ1) is 6.93. The van der Waals surface area contributed by atoms with E-state index in [1.165, 1.54) is 12.1 Å². The summed E-state index contributed by atoms with van der Waals surface area (Å²) in [6.07, 6.45) is -4.81. The number of rotatable bonds is 3. The summed E-state index contributed by atoms with van der Waals surface area (Å²) in [5.41, 5.74) is 4.30. The van der Waals surface area contributed by atoms with Crippen molar-refractivity contribution in [3.8, 4) is 5.88 Å². The molecule has 1 aromatic heterocycles. The Morgan fingerprint density at radius 3 is 2.67 bits per heavy atom. The van der Waals surface area contributed by atoms with Crippen LogP contribution in [-0.4, -0.2) is 17.6 Å². The molecule has 1 atom stereocenters. The van der Waals surface area contributed by atoms with Crippen LogP contribution in [-0.2, 0) is 6.18 Å². The van der Waals surface area contributed by atoms with Crippen molar-refractivity contribution in [2.45, 2.75) is 19.2 Å². The number of nitrogens with two attached hydrogens (primary N) is 1. The van der Waals surface area contributed by atoms with Crippen LogP contribution in [0.1, 0.15) is 12.6 Å². The maximum absolute atomic E-state index is 12.2. The fourth-order valence-electron chi connectivity index (χ4n) is 0.893. The first-order valence-corrected chi connectivity index (χ1v) is 4.34. The van der Waals surface area contributed by atoms with E-state index in [-0.39, 0.29) is 18.5 Å². The normalized spacial score (nSPS) is 13.7. The minimum Gasteiger partial charge on any atom is -0.473 e. The standard InChI is InChI=1S/C9H11F3N2O/c1-6(5-13)15-8-4-2-3-7(14-8)9(10,11)12/h2-4,6H,5,13H2,1H3/t6-/m1/s1. The van der Waals surface area contributed by atoms with Gasteiger partial charge in [0.1, 0.15) is 11.8 Å². The van der Waals surface area contributed by atoms with E-state index in [2.05, 4.69) is 4.98 Å². The molecule has 0 unspecified atom stereocenters. The van der Waals surface area contributed by atoms with Gasteiger partial charge in [0.25, 0.3) is 0 Å². The van der Waals surface area contributed by atoms with Gasteiger partial charge in [-0.2, -0.15) is 13.2 Å². The summed E-state index contributed by atoms with van der Waals surface area (Å²) in [5.74, 6) is -0.0669. The van der Waals surface area contributed by atoms with Gasteiger partial charge in [0.05, 0.1) is 0 Å². The molecule has 0 fully saturated rings. The molecule has 0 radical (unpaired) electrons. The molecule has 1 rings (SSSR count). The topological polar surface area (TPSA) is 48.1 Å². The molecule has 3 nitrogen and oxygen atoms in total. The van der Waals surface area contributed by atoms with E-state index in [1.807, 2.05) is 0 Å². The average Bonchev–Trinajstić information content (AvgIpc) is 2.17. The van der Waals surface area contributed by atoms with Gasteiger partial charge in [-0.1, -0.05) is 6.07 Å². The maximum Gasteiger partial charge on any atom is 0.433 e. The number of ether oxygens (including phenoxy) is 1. The van der Waals surface area contributed by atoms with Crippen molar-refractivity contribution >= 4 is 0 Å². The molecule has 0 bridgehead atoms. The van der Waals surface area contributed by atoms with Crippen molar-refractivity contribution in [2.24, 2.45) is 5.73 Å². The lowest BCUT2D eigenvalue weighted by atomic mass is 10.3. The quantitative estimate of drug-likeness (QED) is 0.845. The Hall–Kier alpha value is -1.30. The van der Waals surface area contributed by atoms with Gasteiger partial charge in [0, 0.05) is 12.6 Å². The number of alkyl halides is 3. The van der Waals surface area contributed by atoms with Crippen LogP contribution in [0.2, 0.25) is 0 Å². The van der Waals surface area contributed by atoms with Crippen molar-refractivity contribution in [1.29, 1.82) is 0 Å². The number of nitrogens with zero attached hydrogens (tertiary/aromatic N) is 1. The van der Waals surface area contributed by atoms with E-state index in [1.54, 1.807) is 6.92 Å². The molecule has 6 heteroatoms. The Labute approximate surface area is 85.1 Å². The lowest BCUT2D eigenvalue weighted by molar-refractivity contribution is -0.141. The smallest absolute Gasteiger partial charge is 0.433 e. The molecule has 2 N–H and O–H groups in total. The molecular formula is C9H11F3N2O. The molecule has 15 heavy (non-hydrogen) atoms. The third-order valence-corrected chi connectivity index (χ3v) is 1.67. The summed E-state index contributed by atoms with van der Waals surface area (Å²) in [6, 6.07) is 3.50. The van der Waals surface area contributed by atoms with E-state index in [9.17, 15) is 13.2 Å². The zero-order valence-corrected chi connectivity index (χ0v) is 8.08. The molecule has 1 heterocycles. The lowest BCUT2D eigenvalue weighted by Gasteiger charge is -2.12. The van der Waals surface area contributed by atoms with Crippen LogP contribution in [0, 0.1) is 0 Å². The molecule has 0 saturated heterocycles. The van der Waals surface area contributed by atoms with Gasteiger partial charge in [0.2, 0.25) is 5.88 Å². The van der Waals surface area contributed by atoms with Crippen LogP contribution in [0.25, 0.3) is 0 Å².